The minimum absolute atomic E-state index is 0.0976. The number of esters is 3. The van der Waals surface area contributed by atoms with Crippen LogP contribution in [0, 0.1) is 11.8 Å². The van der Waals surface area contributed by atoms with E-state index in [1.54, 1.807) is 41.5 Å². The van der Waals surface area contributed by atoms with Gasteiger partial charge in [0.2, 0.25) is 17.7 Å². The normalized spacial score (nSPS) is 14.7. The second-order valence-electron chi connectivity index (χ2n) is 16.3. The van der Waals surface area contributed by atoms with E-state index in [0.717, 1.165) is 31.2 Å². The van der Waals surface area contributed by atoms with E-state index in [2.05, 4.69) is 22.9 Å². The van der Waals surface area contributed by atoms with Crippen molar-refractivity contribution >= 4 is 35.6 Å². The minimum atomic E-state index is -1.38. The molecule has 0 saturated heterocycles. The Morgan fingerprint density at radius 1 is 0.714 bits per heavy atom. The molecule has 0 aromatic heterocycles. The van der Waals surface area contributed by atoms with Gasteiger partial charge in [0.05, 0.1) is 18.9 Å². The molecule has 0 spiro atoms. The summed E-state index contributed by atoms with van der Waals surface area (Å²) in [6.45, 7) is 15.9. The Morgan fingerprint density at radius 3 is 1.86 bits per heavy atom. The number of ether oxygens (including phenoxy) is 3. The van der Waals surface area contributed by atoms with Crippen LogP contribution in [0.1, 0.15) is 151 Å². The molecule has 13 heteroatoms. The van der Waals surface area contributed by atoms with Crippen LogP contribution >= 0.6 is 0 Å². The second kappa shape index (κ2) is 26.8. The predicted molar refractivity (Wildman–Crippen MR) is 217 cm³/mol. The molecular formula is C43H72N4O9. The van der Waals surface area contributed by atoms with Gasteiger partial charge in [-0.2, -0.15) is 0 Å². The van der Waals surface area contributed by atoms with Crippen LogP contribution in [0.3, 0.4) is 0 Å². The zero-order chi connectivity index (χ0) is 42.3. The number of benzene rings is 1. The van der Waals surface area contributed by atoms with E-state index in [1.807, 2.05) is 37.3 Å². The van der Waals surface area contributed by atoms with Crippen molar-refractivity contribution in [3.63, 3.8) is 0 Å². The molecule has 318 valence electrons. The number of unbranched alkanes of at least 4 members (excludes halogenated alkanes) is 8. The third-order valence-electron chi connectivity index (χ3n) is 9.51. The molecule has 5 N–H and O–H groups in total. The Balaban J connectivity index is 3.04. The van der Waals surface area contributed by atoms with Crippen LogP contribution in [-0.2, 0) is 49.6 Å². The number of rotatable bonds is 27. The fourth-order valence-electron chi connectivity index (χ4n) is 5.76. The lowest BCUT2D eigenvalue weighted by atomic mass is 9.98. The van der Waals surface area contributed by atoms with Crippen molar-refractivity contribution in [1.82, 2.24) is 16.0 Å². The highest BCUT2D eigenvalue weighted by Gasteiger charge is 2.34. The lowest BCUT2D eigenvalue weighted by molar-refractivity contribution is -0.160. The molecule has 13 nitrogen and oxygen atoms in total. The van der Waals surface area contributed by atoms with E-state index >= 15 is 0 Å². The van der Waals surface area contributed by atoms with Crippen molar-refractivity contribution in [2.24, 2.45) is 17.6 Å². The minimum Gasteiger partial charge on any atom is -0.461 e. The molecule has 3 amide bonds. The van der Waals surface area contributed by atoms with Crippen LogP contribution in [0.4, 0.5) is 0 Å². The third-order valence-corrected chi connectivity index (χ3v) is 9.51. The van der Waals surface area contributed by atoms with E-state index in [1.165, 1.54) is 39.0 Å². The molecule has 0 saturated carbocycles. The Morgan fingerprint density at radius 2 is 1.30 bits per heavy atom. The summed E-state index contributed by atoms with van der Waals surface area (Å²) >= 11 is 0. The van der Waals surface area contributed by atoms with Crippen LogP contribution < -0.4 is 21.7 Å². The third kappa shape index (κ3) is 21.3. The predicted octanol–water partition coefficient (Wildman–Crippen LogP) is 6.19. The summed E-state index contributed by atoms with van der Waals surface area (Å²) in [6, 6.07) is 4.72. The number of carbonyl (C=O) groups excluding carboxylic acids is 6. The number of hydrogen-bond donors (Lipinski definition) is 4. The maximum atomic E-state index is 13.8. The lowest BCUT2D eigenvalue weighted by Crippen LogP contribution is -2.58. The van der Waals surface area contributed by atoms with Crippen LogP contribution in [0.5, 0.6) is 0 Å². The maximum absolute atomic E-state index is 13.8. The zero-order valence-corrected chi connectivity index (χ0v) is 35.6. The molecule has 6 atom stereocenters. The largest absolute Gasteiger partial charge is 0.461 e. The topological polar surface area (TPSA) is 192 Å². The zero-order valence-electron chi connectivity index (χ0n) is 35.6. The van der Waals surface area contributed by atoms with E-state index in [9.17, 15) is 28.8 Å². The van der Waals surface area contributed by atoms with E-state index < -0.39 is 77.9 Å². The summed E-state index contributed by atoms with van der Waals surface area (Å²) in [5, 5.41) is 7.79. The van der Waals surface area contributed by atoms with Crippen molar-refractivity contribution in [1.29, 1.82) is 0 Å². The first-order valence-electron chi connectivity index (χ1n) is 20.7. The average Bonchev–Trinajstić information content (AvgIpc) is 3.13. The molecule has 1 unspecified atom stereocenters. The van der Waals surface area contributed by atoms with Crippen LogP contribution in [0.2, 0.25) is 0 Å². The molecule has 1 aromatic rings. The van der Waals surface area contributed by atoms with Gasteiger partial charge in [0.15, 0.2) is 0 Å². The number of hydrogen-bond acceptors (Lipinski definition) is 10. The van der Waals surface area contributed by atoms with Crippen molar-refractivity contribution in [2.75, 3.05) is 0 Å². The molecule has 0 radical (unpaired) electrons. The Kier molecular flexibility index (Phi) is 23.9. The van der Waals surface area contributed by atoms with Gasteiger partial charge in [-0.15, -0.1) is 0 Å². The van der Waals surface area contributed by atoms with Gasteiger partial charge in [0.1, 0.15) is 36.4 Å². The Labute approximate surface area is 335 Å². The molecule has 1 rings (SSSR count). The van der Waals surface area contributed by atoms with Crippen LogP contribution in [0.25, 0.3) is 0 Å². The highest BCUT2D eigenvalue weighted by molar-refractivity contribution is 5.95. The highest BCUT2D eigenvalue weighted by atomic mass is 16.6. The summed E-state index contributed by atoms with van der Waals surface area (Å²) in [5.74, 6) is -4.64. The number of nitrogens with one attached hydrogen (secondary N) is 3. The van der Waals surface area contributed by atoms with Gasteiger partial charge in [0, 0.05) is 0 Å². The molecule has 0 aliphatic heterocycles. The maximum Gasteiger partial charge on any atom is 0.329 e. The van der Waals surface area contributed by atoms with E-state index in [-0.39, 0.29) is 24.9 Å². The highest BCUT2D eigenvalue weighted by Crippen LogP contribution is 2.18. The van der Waals surface area contributed by atoms with E-state index in [4.69, 9.17) is 19.9 Å². The number of nitrogens with two attached hydrogens (primary N) is 1. The Hall–Kier alpha value is -4.00. The molecular weight excluding hydrogens is 716 g/mol. The van der Waals surface area contributed by atoms with Gasteiger partial charge >= 0.3 is 17.9 Å². The molecule has 1 aromatic carbocycles. The summed E-state index contributed by atoms with van der Waals surface area (Å²) in [5.41, 5.74) is 5.99. The van der Waals surface area contributed by atoms with Crippen molar-refractivity contribution in [2.45, 2.75) is 188 Å². The van der Waals surface area contributed by atoms with Gasteiger partial charge in [0.25, 0.3) is 0 Å². The molecule has 56 heavy (non-hydrogen) atoms. The van der Waals surface area contributed by atoms with Crippen molar-refractivity contribution < 1.29 is 43.0 Å². The summed E-state index contributed by atoms with van der Waals surface area (Å²) in [6.07, 6.45) is 9.58. The average molecular weight is 789 g/mol. The van der Waals surface area contributed by atoms with Gasteiger partial charge in [-0.25, -0.2) is 4.79 Å². The Bertz CT molecular complexity index is 1350. The summed E-state index contributed by atoms with van der Waals surface area (Å²) in [4.78, 5) is 79.1. The summed E-state index contributed by atoms with van der Waals surface area (Å²) in [7, 11) is 0. The quantitative estimate of drug-likeness (QED) is 0.0454. The standard InChI is InChI=1S/C43H72N4O9/c1-10-12-13-14-15-16-17-18-22-25-33(26-35(48)54-28-32-23-20-19-21-24-32)55-42(53)38(30(5)11-2)47-39(50)31(6)45-40(51)34(27-36(49)56-43(7,8)9)46-41(52)37(44)29(3)4/h19-21,23-24,29-31,33-34,37-38H,10-18,22,25-28,44H2,1-9H3,(H,45,51)(H,46,52)(H,47,50)/t30-,31+,33?,34-,37-,38-/m0/s1. The van der Waals surface area contributed by atoms with E-state index in [0.29, 0.717) is 12.8 Å². The van der Waals surface area contributed by atoms with Gasteiger partial charge in [-0.1, -0.05) is 123 Å². The first-order chi connectivity index (χ1) is 26.4. The fraction of sp³-hybridized carbons (Fsp3) is 0.721. The lowest BCUT2D eigenvalue weighted by Gasteiger charge is -2.28. The molecule has 0 heterocycles. The second-order valence-corrected chi connectivity index (χ2v) is 16.3. The SMILES string of the molecule is CCCCCCCCCCCC(CC(=O)OCc1ccccc1)OC(=O)[C@@H](NC(=O)[C@@H](C)NC(=O)[C@H](CC(=O)OC(C)(C)C)NC(=O)[C@@H](N)C(C)C)[C@@H](C)CC. The number of amides is 3. The molecule has 0 aliphatic carbocycles. The first-order valence-corrected chi connectivity index (χ1v) is 20.7. The molecule has 0 fully saturated rings. The van der Waals surface area contributed by atoms with Gasteiger partial charge in [-0.3, -0.25) is 24.0 Å². The van der Waals surface area contributed by atoms with Crippen LogP contribution in [0.15, 0.2) is 30.3 Å². The van der Waals surface area contributed by atoms with Gasteiger partial charge in [-0.05, 0) is 57.9 Å². The van der Waals surface area contributed by atoms with Crippen LogP contribution in [-0.4, -0.2) is 71.5 Å². The first kappa shape index (κ1) is 50.0. The fourth-order valence-corrected chi connectivity index (χ4v) is 5.76. The molecule has 0 bridgehead atoms. The van der Waals surface area contributed by atoms with Crippen molar-refractivity contribution in [3.05, 3.63) is 35.9 Å². The monoisotopic (exact) mass is 789 g/mol. The smallest absolute Gasteiger partial charge is 0.329 e. The van der Waals surface area contributed by atoms with Crippen molar-refractivity contribution in [3.8, 4) is 0 Å². The molecule has 0 aliphatic rings. The summed E-state index contributed by atoms with van der Waals surface area (Å²) < 4.78 is 16.8. The number of carbonyl (C=O) groups is 6. The van der Waals surface area contributed by atoms with Gasteiger partial charge < -0.3 is 35.9 Å².